The van der Waals surface area contributed by atoms with Crippen LogP contribution < -0.4 is 10.1 Å². The van der Waals surface area contributed by atoms with Crippen LogP contribution in [0.15, 0.2) is 54.6 Å². The molecule has 5 heteroatoms. The Balaban J connectivity index is 1.63. The zero-order valence-electron chi connectivity index (χ0n) is 15.2. The van der Waals surface area contributed by atoms with Gasteiger partial charge in [0, 0.05) is 27.8 Å². The van der Waals surface area contributed by atoms with Gasteiger partial charge in [0.05, 0.1) is 5.02 Å². The first-order valence-corrected chi connectivity index (χ1v) is 9.72. The van der Waals surface area contributed by atoms with Crippen molar-refractivity contribution >= 4 is 40.5 Å². The normalized spacial score (nSPS) is 10.7. The van der Waals surface area contributed by atoms with Crippen LogP contribution in [0.4, 0.5) is 5.69 Å². The summed E-state index contributed by atoms with van der Waals surface area (Å²) in [5.74, 6) is 0.623. The number of anilines is 1. The van der Waals surface area contributed by atoms with Gasteiger partial charge in [0.1, 0.15) is 12.4 Å². The van der Waals surface area contributed by atoms with E-state index in [0.29, 0.717) is 34.0 Å². The van der Waals surface area contributed by atoms with E-state index in [2.05, 4.69) is 37.4 Å². The van der Waals surface area contributed by atoms with Crippen LogP contribution in [0.2, 0.25) is 15.1 Å². The Kier molecular flexibility index (Phi) is 6.54. The van der Waals surface area contributed by atoms with Crippen molar-refractivity contribution in [3.05, 3.63) is 91.9 Å². The average Bonchev–Trinajstić information content (AvgIpc) is 2.61. The molecule has 0 bridgehead atoms. The average molecular weight is 421 g/mol. The molecule has 0 amide bonds. The zero-order valence-corrected chi connectivity index (χ0v) is 17.4. The Morgan fingerprint density at radius 1 is 0.852 bits per heavy atom. The number of nitrogens with one attached hydrogen (secondary N) is 1. The van der Waals surface area contributed by atoms with Crippen molar-refractivity contribution in [2.75, 3.05) is 5.32 Å². The van der Waals surface area contributed by atoms with Gasteiger partial charge in [-0.05, 0) is 55.3 Å². The number of hydrogen-bond acceptors (Lipinski definition) is 2. The molecule has 2 nitrogen and oxygen atoms in total. The minimum atomic E-state index is 0.329. The van der Waals surface area contributed by atoms with E-state index in [0.717, 1.165) is 16.8 Å². The predicted octanol–water partition coefficient (Wildman–Crippen LogP) is 7.45. The molecule has 0 saturated carbocycles. The van der Waals surface area contributed by atoms with Gasteiger partial charge in [-0.3, -0.25) is 0 Å². The number of ether oxygens (including phenoxy) is 1. The van der Waals surface area contributed by atoms with Crippen molar-refractivity contribution < 1.29 is 4.74 Å². The molecule has 3 aromatic carbocycles. The third-order valence-corrected chi connectivity index (χ3v) is 5.14. The second kappa shape index (κ2) is 8.88. The zero-order chi connectivity index (χ0) is 19.4. The first-order valence-electron chi connectivity index (χ1n) is 8.58. The Labute approximate surface area is 175 Å². The van der Waals surface area contributed by atoms with Crippen LogP contribution in [-0.4, -0.2) is 0 Å². The molecule has 0 fully saturated rings. The molecule has 0 aromatic heterocycles. The monoisotopic (exact) mass is 419 g/mol. The first kappa shape index (κ1) is 19.9. The SMILES string of the molecule is Cc1ccc(NCc2ccc(OCc3ccc(Cl)cc3Cl)c(Cl)c2)c(C)c1. The molecule has 0 unspecified atom stereocenters. The lowest BCUT2D eigenvalue weighted by Crippen LogP contribution is -2.02. The molecule has 0 saturated heterocycles. The Bertz CT molecular complexity index is 956. The highest BCUT2D eigenvalue weighted by Gasteiger charge is 2.07. The summed E-state index contributed by atoms with van der Waals surface area (Å²) < 4.78 is 5.81. The minimum absolute atomic E-state index is 0.329. The summed E-state index contributed by atoms with van der Waals surface area (Å²) in [6.45, 7) is 5.20. The fourth-order valence-corrected chi connectivity index (χ4v) is 3.50. The molecular formula is C22H20Cl3NO. The second-order valence-corrected chi connectivity index (χ2v) is 7.71. The Hall–Kier alpha value is -1.87. The van der Waals surface area contributed by atoms with Crippen LogP contribution in [0.5, 0.6) is 5.75 Å². The summed E-state index contributed by atoms with van der Waals surface area (Å²) in [6.07, 6.45) is 0. The van der Waals surface area contributed by atoms with Gasteiger partial charge >= 0.3 is 0 Å². The summed E-state index contributed by atoms with van der Waals surface area (Å²) in [6, 6.07) is 17.5. The van der Waals surface area contributed by atoms with Gasteiger partial charge in [0.2, 0.25) is 0 Å². The van der Waals surface area contributed by atoms with E-state index in [1.165, 1.54) is 11.1 Å². The molecule has 0 aliphatic rings. The standard InChI is InChI=1S/C22H20Cl3NO/c1-14-3-7-21(15(2)9-14)26-12-16-4-8-22(20(25)10-16)27-13-17-5-6-18(23)11-19(17)24/h3-11,26H,12-13H2,1-2H3. The van der Waals surface area contributed by atoms with Gasteiger partial charge in [0.15, 0.2) is 0 Å². The van der Waals surface area contributed by atoms with Gasteiger partial charge in [-0.15, -0.1) is 0 Å². The van der Waals surface area contributed by atoms with E-state index in [1.54, 1.807) is 12.1 Å². The van der Waals surface area contributed by atoms with E-state index in [9.17, 15) is 0 Å². The molecule has 0 radical (unpaired) electrons. The molecule has 0 aliphatic carbocycles. The van der Waals surface area contributed by atoms with Crippen molar-refractivity contribution in [2.45, 2.75) is 27.0 Å². The maximum absolute atomic E-state index is 6.39. The van der Waals surface area contributed by atoms with Crippen LogP contribution >= 0.6 is 34.8 Å². The van der Waals surface area contributed by atoms with Gasteiger partial charge in [0.25, 0.3) is 0 Å². The van der Waals surface area contributed by atoms with Crippen molar-refractivity contribution in [3.8, 4) is 5.75 Å². The topological polar surface area (TPSA) is 21.3 Å². The maximum Gasteiger partial charge on any atom is 0.138 e. The van der Waals surface area contributed by atoms with E-state index < -0.39 is 0 Å². The fourth-order valence-electron chi connectivity index (χ4n) is 2.77. The van der Waals surface area contributed by atoms with Crippen LogP contribution in [0, 0.1) is 13.8 Å². The van der Waals surface area contributed by atoms with Gasteiger partial charge in [-0.25, -0.2) is 0 Å². The molecule has 0 atom stereocenters. The highest BCUT2D eigenvalue weighted by molar-refractivity contribution is 6.35. The van der Waals surface area contributed by atoms with Crippen LogP contribution in [-0.2, 0) is 13.2 Å². The summed E-state index contributed by atoms with van der Waals surface area (Å²) in [7, 11) is 0. The van der Waals surface area contributed by atoms with Gasteiger partial charge < -0.3 is 10.1 Å². The lowest BCUT2D eigenvalue weighted by Gasteiger charge is -2.13. The fraction of sp³-hybridized carbons (Fsp3) is 0.182. The molecule has 140 valence electrons. The maximum atomic E-state index is 6.39. The summed E-state index contributed by atoms with van der Waals surface area (Å²) >= 11 is 18.5. The first-order chi connectivity index (χ1) is 12.9. The third-order valence-electron chi connectivity index (χ3n) is 4.26. The molecule has 27 heavy (non-hydrogen) atoms. The molecule has 0 heterocycles. The van der Waals surface area contributed by atoms with Crippen LogP contribution in [0.25, 0.3) is 0 Å². The van der Waals surface area contributed by atoms with Crippen molar-refractivity contribution in [1.82, 2.24) is 0 Å². The number of aryl methyl sites for hydroxylation is 2. The van der Waals surface area contributed by atoms with Gasteiger partial charge in [-0.1, -0.05) is 64.6 Å². The van der Waals surface area contributed by atoms with Crippen LogP contribution in [0.1, 0.15) is 22.3 Å². The van der Waals surface area contributed by atoms with E-state index in [1.807, 2.05) is 24.3 Å². The molecular weight excluding hydrogens is 401 g/mol. The van der Waals surface area contributed by atoms with E-state index in [4.69, 9.17) is 39.5 Å². The highest BCUT2D eigenvalue weighted by Crippen LogP contribution is 2.28. The molecule has 0 aliphatic heterocycles. The van der Waals surface area contributed by atoms with Gasteiger partial charge in [-0.2, -0.15) is 0 Å². The van der Waals surface area contributed by atoms with E-state index >= 15 is 0 Å². The third kappa shape index (κ3) is 5.32. The largest absolute Gasteiger partial charge is 0.487 e. The summed E-state index contributed by atoms with van der Waals surface area (Å²) in [5.41, 5.74) is 5.54. The molecule has 3 aromatic rings. The number of halogens is 3. The Morgan fingerprint density at radius 2 is 1.67 bits per heavy atom. The smallest absolute Gasteiger partial charge is 0.138 e. The quantitative estimate of drug-likeness (QED) is 0.447. The van der Waals surface area contributed by atoms with E-state index in [-0.39, 0.29) is 0 Å². The second-order valence-electron chi connectivity index (χ2n) is 6.46. The highest BCUT2D eigenvalue weighted by atomic mass is 35.5. The van der Waals surface area contributed by atoms with Crippen LogP contribution in [0.3, 0.4) is 0 Å². The Morgan fingerprint density at radius 3 is 2.37 bits per heavy atom. The van der Waals surface area contributed by atoms with Crippen molar-refractivity contribution in [2.24, 2.45) is 0 Å². The minimum Gasteiger partial charge on any atom is -0.487 e. The number of benzene rings is 3. The molecule has 3 rings (SSSR count). The summed E-state index contributed by atoms with van der Waals surface area (Å²) in [5, 5.41) is 5.19. The summed E-state index contributed by atoms with van der Waals surface area (Å²) in [4.78, 5) is 0. The lowest BCUT2D eigenvalue weighted by atomic mass is 10.1. The lowest BCUT2D eigenvalue weighted by molar-refractivity contribution is 0.306. The number of rotatable bonds is 6. The predicted molar refractivity (Wildman–Crippen MR) is 115 cm³/mol. The number of hydrogen-bond donors (Lipinski definition) is 1. The molecule has 0 spiro atoms. The van der Waals surface area contributed by atoms with Crippen molar-refractivity contribution in [3.63, 3.8) is 0 Å². The molecule has 1 N–H and O–H groups in total. The van der Waals surface area contributed by atoms with Crippen molar-refractivity contribution in [1.29, 1.82) is 0 Å².